The Labute approximate surface area is 267 Å². The fraction of sp³-hybridized carbons (Fsp3) is 0.586. The van der Waals surface area contributed by atoms with Crippen molar-refractivity contribution in [3.8, 4) is 23.0 Å². The molecule has 39 heavy (non-hydrogen) atoms. The molecule has 0 amide bonds. The van der Waals surface area contributed by atoms with E-state index in [0.717, 1.165) is 68.3 Å². The largest absolute Gasteiger partial charge is 1.00 e. The monoisotopic (exact) mass is 598 g/mol. The third-order valence-corrected chi connectivity index (χ3v) is 10.9. The van der Waals surface area contributed by atoms with Crippen LogP contribution in [0.25, 0.3) is 0 Å². The third kappa shape index (κ3) is 6.17. The van der Waals surface area contributed by atoms with E-state index >= 15 is 0 Å². The van der Waals surface area contributed by atoms with Crippen molar-refractivity contribution in [3.63, 3.8) is 0 Å². The van der Waals surface area contributed by atoms with Crippen LogP contribution in [0.4, 0.5) is 0 Å². The number of benzene rings is 2. The Balaban J connectivity index is 0.00000353. The Morgan fingerprint density at radius 1 is 0.846 bits per heavy atom. The van der Waals surface area contributed by atoms with Gasteiger partial charge >= 0.3 is 29.6 Å². The van der Waals surface area contributed by atoms with Crippen LogP contribution in [-0.2, 0) is 44.4 Å². The second kappa shape index (κ2) is 13.6. The molecule has 6 nitrogen and oxygen atoms in total. The van der Waals surface area contributed by atoms with Gasteiger partial charge in [-0.1, -0.05) is 24.5 Å². The van der Waals surface area contributed by atoms with E-state index in [9.17, 15) is 0 Å². The fourth-order valence-electron chi connectivity index (χ4n) is 6.97. The molecule has 208 valence electrons. The van der Waals surface area contributed by atoms with E-state index < -0.39 is 8.67 Å². The number of piperidine rings is 1. The molecule has 0 N–H and O–H groups in total. The molecule has 5 rings (SSSR count). The van der Waals surface area contributed by atoms with E-state index in [1.807, 2.05) is 0 Å². The molecule has 0 bridgehead atoms. The number of ether oxygens (including phenoxy) is 4. The van der Waals surface area contributed by atoms with Crippen molar-refractivity contribution in [1.29, 1.82) is 0 Å². The molecule has 3 aliphatic heterocycles. The molecule has 2 aromatic rings. The van der Waals surface area contributed by atoms with E-state index in [4.69, 9.17) is 41.8 Å². The molecule has 0 saturated carbocycles. The summed E-state index contributed by atoms with van der Waals surface area (Å²) in [6.45, 7) is 5.45. The van der Waals surface area contributed by atoms with E-state index in [-0.39, 0.29) is 35.6 Å². The van der Waals surface area contributed by atoms with Crippen molar-refractivity contribution in [3.05, 3.63) is 46.5 Å². The van der Waals surface area contributed by atoms with Crippen molar-refractivity contribution in [1.82, 2.24) is 9.21 Å². The van der Waals surface area contributed by atoms with Gasteiger partial charge in [0.05, 0.1) is 28.4 Å². The van der Waals surface area contributed by atoms with Gasteiger partial charge in [-0.2, -0.15) is 8.67 Å². The number of hydrogen-bond acceptors (Lipinski definition) is 7. The molecule has 0 radical (unpaired) electrons. The average Bonchev–Trinajstić information content (AvgIpc) is 2.94. The Morgan fingerprint density at radius 2 is 1.38 bits per heavy atom. The summed E-state index contributed by atoms with van der Waals surface area (Å²) in [5.74, 6) is 4.39. The molecule has 1 fully saturated rings. The van der Waals surface area contributed by atoms with Gasteiger partial charge in [0.1, 0.15) is 0 Å². The fourth-order valence-corrected chi connectivity index (χ4v) is 8.69. The van der Waals surface area contributed by atoms with Crippen molar-refractivity contribution in [2.24, 2.45) is 11.8 Å². The van der Waals surface area contributed by atoms with Gasteiger partial charge in [-0.25, -0.2) is 0 Å². The minimum atomic E-state index is -0.638. The van der Waals surface area contributed by atoms with Crippen LogP contribution in [0.2, 0.25) is 0 Å². The first-order chi connectivity index (χ1) is 18.4. The second-order valence-corrected chi connectivity index (χ2v) is 14.0. The topological polar surface area (TPSA) is 43.4 Å². The van der Waals surface area contributed by atoms with Crippen LogP contribution in [0.15, 0.2) is 24.3 Å². The first-order valence-electron chi connectivity index (χ1n) is 13.5. The summed E-state index contributed by atoms with van der Waals surface area (Å²) < 4.78 is 25.0. The van der Waals surface area contributed by atoms with Crippen molar-refractivity contribution in [2.75, 3.05) is 48.1 Å². The van der Waals surface area contributed by atoms with E-state index in [1.54, 1.807) is 28.4 Å². The van der Waals surface area contributed by atoms with Gasteiger partial charge < -0.3 is 30.6 Å². The first kappa shape index (κ1) is 31.4. The molecule has 3 heterocycles. The summed E-state index contributed by atoms with van der Waals surface area (Å²) in [4.78, 5) is 2.70. The number of hydrogen-bond donors (Lipinski definition) is 0. The summed E-state index contributed by atoms with van der Waals surface area (Å²) in [6.07, 6.45) is 5.32. The minimum absolute atomic E-state index is 0. The van der Waals surface area contributed by atoms with Crippen LogP contribution < -0.4 is 48.5 Å². The van der Waals surface area contributed by atoms with Crippen LogP contribution in [0.5, 0.6) is 23.0 Å². The molecule has 0 spiro atoms. The summed E-state index contributed by atoms with van der Waals surface area (Å²) in [5, 5.41) is 0. The van der Waals surface area contributed by atoms with Crippen LogP contribution in [0.1, 0.15) is 60.5 Å². The number of fused-ring (bicyclic) bond motifs is 4. The molecule has 1 unspecified atom stereocenters. The number of nitrogens with zero attached hydrogens (tertiary/aromatic N) is 2. The van der Waals surface area contributed by atoms with Gasteiger partial charge in [-0.3, -0.25) is 9.21 Å². The van der Waals surface area contributed by atoms with Crippen LogP contribution in [-0.4, -0.2) is 57.3 Å². The van der Waals surface area contributed by atoms with Gasteiger partial charge in [-0.05, 0) is 84.0 Å². The molecule has 0 aliphatic carbocycles. The van der Waals surface area contributed by atoms with Crippen LogP contribution >= 0.6 is 0 Å². The summed E-state index contributed by atoms with van der Waals surface area (Å²) >= 11 is 11.4. The van der Waals surface area contributed by atoms with E-state index in [1.165, 1.54) is 28.7 Å². The molecule has 1 saturated heterocycles. The van der Waals surface area contributed by atoms with Gasteiger partial charge in [0, 0.05) is 31.7 Å². The van der Waals surface area contributed by atoms with Crippen LogP contribution in [0, 0.1) is 11.8 Å². The van der Waals surface area contributed by atoms with Gasteiger partial charge in [-0.15, -0.1) is 0 Å². The van der Waals surface area contributed by atoms with E-state index in [0.29, 0.717) is 17.9 Å². The second-order valence-electron chi connectivity index (χ2n) is 10.6. The zero-order valence-corrected chi connectivity index (χ0v) is 28.5. The number of methoxy groups -OCH3 is 4. The van der Waals surface area contributed by atoms with Gasteiger partial charge in [0.15, 0.2) is 23.0 Å². The average molecular weight is 599 g/mol. The Kier molecular flexibility index (Phi) is 11.0. The predicted molar refractivity (Wildman–Crippen MR) is 159 cm³/mol. The van der Waals surface area contributed by atoms with Crippen molar-refractivity contribution < 1.29 is 48.5 Å². The molecule has 2 aromatic carbocycles. The quantitative estimate of drug-likeness (QED) is 0.260. The Morgan fingerprint density at radius 3 is 1.95 bits per heavy atom. The van der Waals surface area contributed by atoms with Gasteiger partial charge in [0.25, 0.3) is 0 Å². The molecule has 10 heteroatoms. The maximum Gasteiger partial charge on any atom is 1.00 e. The Hall–Kier alpha value is -0.520. The smallest absolute Gasteiger partial charge is 0.696 e. The standard InChI is InChI=1S/C29H40N2O4S3.Na/c1-6-18-17-30-9-7-19-13-26(32-2)28(34-4)15-22(19)24(30)11-21(18)12-25-23-16-29(35-5)27(33-3)14-20(23)8-10-31(25)38(36)37;/h13-16,18,21,24-25H,6-12,17H2,1-5H3,(H,36,37);/q;+1/p-1/t18-,21+,24-,25+;/m0./s1. The zero-order chi connectivity index (χ0) is 27.0. The normalized spacial score (nSPS) is 25.4. The predicted octanol–water partition coefficient (Wildman–Crippen LogP) is 2.12. The summed E-state index contributed by atoms with van der Waals surface area (Å²) in [7, 11) is 6.21. The maximum absolute atomic E-state index is 5.71. The minimum Gasteiger partial charge on any atom is -0.696 e. The third-order valence-electron chi connectivity index (χ3n) is 8.97. The Bertz CT molecular complexity index is 1200. The van der Waals surface area contributed by atoms with Crippen molar-refractivity contribution in [2.45, 2.75) is 51.1 Å². The van der Waals surface area contributed by atoms with Crippen molar-refractivity contribution >= 4 is 31.5 Å². The van der Waals surface area contributed by atoms with E-state index in [2.05, 4.69) is 40.4 Å². The summed E-state index contributed by atoms with van der Waals surface area (Å²) in [6, 6.07) is 9.31. The SMILES string of the molecule is CC[C@H]1CN2CCc3cc(OC)c(OC)cc3[C@@H]2C[C@@H]1C[C@@H]1c2cc(OC)c(OC)cc2CCN1S(=S)[S-].[Na+]. The van der Waals surface area contributed by atoms with Gasteiger partial charge in [0.2, 0.25) is 0 Å². The zero-order valence-electron chi connectivity index (χ0n) is 24.0. The molecule has 5 atom stereocenters. The number of rotatable bonds is 8. The first-order valence-corrected chi connectivity index (χ1v) is 16.5. The molecular formula is C29H39N2NaO4S3. The molecule has 3 aliphatic rings. The molecule has 0 aromatic heterocycles. The van der Waals surface area contributed by atoms with Crippen LogP contribution in [0.3, 0.4) is 0 Å². The maximum atomic E-state index is 5.71. The molecular weight excluding hydrogens is 560 g/mol. The summed E-state index contributed by atoms with van der Waals surface area (Å²) in [5.41, 5.74) is 5.40.